The van der Waals surface area contributed by atoms with Crippen LogP contribution in [0.15, 0.2) is 70.5 Å². The zero-order valence-corrected chi connectivity index (χ0v) is 19.1. The number of nitro groups is 1. The molecule has 11 heteroatoms. The van der Waals surface area contributed by atoms with Crippen molar-refractivity contribution in [2.45, 2.75) is 30.6 Å². The van der Waals surface area contributed by atoms with E-state index in [1.807, 2.05) is 13.0 Å². The Morgan fingerprint density at radius 1 is 0.750 bits per heavy atom. The molecule has 0 aromatic heterocycles. The molecule has 0 amide bonds. The van der Waals surface area contributed by atoms with Gasteiger partial charge in [0.1, 0.15) is 0 Å². The summed E-state index contributed by atoms with van der Waals surface area (Å²) < 4.78 is 56.1. The summed E-state index contributed by atoms with van der Waals surface area (Å²) in [5.74, 6) is 0. The average Bonchev–Trinajstić information content (AvgIpc) is 2.68. The predicted octanol–water partition coefficient (Wildman–Crippen LogP) is 4.12. The van der Waals surface area contributed by atoms with Crippen molar-refractivity contribution in [2.24, 2.45) is 0 Å². The molecule has 0 saturated carbocycles. The van der Waals surface area contributed by atoms with E-state index in [2.05, 4.69) is 9.44 Å². The molecule has 3 rings (SSSR count). The van der Waals surface area contributed by atoms with Crippen molar-refractivity contribution in [1.29, 1.82) is 0 Å². The lowest BCUT2D eigenvalue weighted by atomic mass is 10.2. The second kappa shape index (κ2) is 8.60. The fraction of sp³-hybridized carbons (Fsp3) is 0.143. The van der Waals surface area contributed by atoms with Gasteiger partial charge in [-0.2, -0.15) is 0 Å². The lowest BCUT2D eigenvalue weighted by molar-refractivity contribution is -0.385. The molecular formula is C21H21N3O6S2. The van der Waals surface area contributed by atoms with E-state index < -0.39 is 25.0 Å². The van der Waals surface area contributed by atoms with Crippen molar-refractivity contribution >= 4 is 37.1 Å². The second-order valence-corrected chi connectivity index (χ2v) is 10.6. The normalized spacial score (nSPS) is 11.7. The number of hydrogen-bond donors (Lipinski definition) is 2. The molecule has 0 aliphatic heterocycles. The third-order valence-electron chi connectivity index (χ3n) is 4.69. The number of aryl methyl sites for hydroxylation is 3. The van der Waals surface area contributed by atoms with Gasteiger partial charge >= 0.3 is 0 Å². The average molecular weight is 476 g/mol. The minimum Gasteiger partial charge on any atom is -0.280 e. The maximum absolute atomic E-state index is 12.9. The van der Waals surface area contributed by atoms with Gasteiger partial charge in [0, 0.05) is 17.3 Å². The lowest BCUT2D eigenvalue weighted by Gasteiger charge is -2.14. The molecular weight excluding hydrogens is 454 g/mol. The molecule has 0 bridgehead atoms. The van der Waals surface area contributed by atoms with Crippen LogP contribution in [0, 0.1) is 30.9 Å². The molecule has 0 aliphatic rings. The molecule has 0 aliphatic carbocycles. The van der Waals surface area contributed by atoms with E-state index in [1.54, 1.807) is 25.1 Å². The van der Waals surface area contributed by atoms with Crippen molar-refractivity contribution in [2.75, 3.05) is 9.44 Å². The van der Waals surface area contributed by atoms with E-state index in [-0.39, 0.29) is 21.2 Å². The number of nitrogens with one attached hydrogen (secondary N) is 2. The lowest BCUT2D eigenvalue weighted by Crippen LogP contribution is -2.16. The topological polar surface area (TPSA) is 135 Å². The second-order valence-electron chi connectivity index (χ2n) is 7.27. The van der Waals surface area contributed by atoms with Gasteiger partial charge in [-0.15, -0.1) is 0 Å². The van der Waals surface area contributed by atoms with Crippen LogP contribution in [0.25, 0.3) is 0 Å². The van der Waals surface area contributed by atoms with Gasteiger partial charge in [-0.05, 0) is 62.2 Å². The predicted molar refractivity (Wildman–Crippen MR) is 122 cm³/mol. The number of sulfonamides is 2. The number of rotatable bonds is 7. The van der Waals surface area contributed by atoms with E-state index in [0.29, 0.717) is 16.8 Å². The minimum absolute atomic E-state index is 0.00319. The Morgan fingerprint density at radius 3 is 2.03 bits per heavy atom. The zero-order valence-electron chi connectivity index (χ0n) is 17.5. The standard InChI is InChI=1S/C21H21N3O6S2/c1-14-5-4-6-17(11-14)23-32(29,30)21-12-18(9-7-16(21)3)22-31(27,28)19-10-8-15(2)20(13-19)24(25)26/h4-13,22-23H,1-3H3. The van der Waals surface area contributed by atoms with Crippen LogP contribution in [0.2, 0.25) is 0 Å². The van der Waals surface area contributed by atoms with Gasteiger partial charge in [-0.1, -0.05) is 24.3 Å². The molecule has 0 saturated heterocycles. The van der Waals surface area contributed by atoms with Crippen molar-refractivity contribution in [3.63, 3.8) is 0 Å². The van der Waals surface area contributed by atoms with Gasteiger partial charge in [-0.25, -0.2) is 16.8 Å². The molecule has 32 heavy (non-hydrogen) atoms. The highest BCUT2D eigenvalue weighted by Gasteiger charge is 2.22. The van der Waals surface area contributed by atoms with Crippen molar-refractivity contribution in [3.8, 4) is 0 Å². The van der Waals surface area contributed by atoms with Gasteiger partial charge < -0.3 is 0 Å². The number of nitro benzene ring substituents is 1. The summed E-state index contributed by atoms with van der Waals surface area (Å²) >= 11 is 0. The molecule has 3 aromatic rings. The van der Waals surface area contributed by atoms with Crippen molar-refractivity contribution in [1.82, 2.24) is 0 Å². The Balaban J connectivity index is 1.95. The molecule has 2 N–H and O–H groups in total. The SMILES string of the molecule is Cc1cccc(NS(=O)(=O)c2cc(NS(=O)(=O)c3ccc(C)c([N+](=O)[O-])c3)ccc2C)c1. The third-order valence-corrected chi connectivity index (χ3v) is 7.59. The fourth-order valence-electron chi connectivity index (χ4n) is 3.04. The molecule has 0 radical (unpaired) electrons. The van der Waals surface area contributed by atoms with Gasteiger partial charge in [-0.3, -0.25) is 19.6 Å². The van der Waals surface area contributed by atoms with Gasteiger partial charge in [0.15, 0.2) is 0 Å². The zero-order chi connectivity index (χ0) is 23.7. The van der Waals surface area contributed by atoms with Crippen LogP contribution in [0.5, 0.6) is 0 Å². The first-order valence-corrected chi connectivity index (χ1v) is 12.3. The molecule has 0 heterocycles. The summed E-state index contributed by atoms with van der Waals surface area (Å²) in [5, 5.41) is 11.1. The summed E-state index contributed by atoms with van der Waals surface area (Å²) in [6, 6.07) is 14.5. The van der Waals surface area contributed by atoms with Crippen LogP contribution in [-0.2, 0) is 20.0 Å². The first-order chi connectivity index (χ1) is 14.9. The number of nitrogens with zero attached hydrogens (tertiary/aromatic N) is 1. The molecule has 9 nitrogen and oxygen atoms in total. The number of benzene rings is 3. The van der Waals surface area contributed by atoms with Gasteiger partial charge in [0.05, 0.1) is 20.4 Å². The summed E-state index contributed by atoms with van der Waals surface area (Å²) in [4.78, 5) is 10.1. The van der Waals surface area contributed by atoms with Crippen LogP contribution >= 0.6 is 0 Å². The highest BCUT2D eigenvalue weighted by molar-refractivity contribution is 7.93. The highest BCUT2D eigenvalue weighted by atomic mass is 32.2. The fourth-order valence-corrected chi connectivity index (χ4v) is 5.43. The van der Waals surface area contributed by atoms with Crippen LogP contribution in [0.4, 0.5) is 17.1 Å². The van der Waals surface area contributed by atoms with E-state index in [4.69, 9.17) is 0 Å². The number of anilines is 2. The Labute approximate surface area is 186 Å². The minimum atomic E-state index is -4.20. The van der Waals surface area contributed by atoms with Crippen LogP contribution in [0.3, 0.4) is 0 Å². The Bertz CT molecular complexity index is 1420. The maximum Gasteiger partial charge on any atom is 0.273 e. The van der Waals surface area contributed by atoms with E-state index >= 15 is 0 Å². The van der Waals surface area contributed by atoms with Crippen LogP contribution < -0.4 is 9.44 Å². The van der Waals surface area contributed by atoms with Gasteiger partial charge in [0.25, 0.3) is 25.7 Å². The first-order valence-electron chi connectivity index (χ1n) is 9.37. The molecule has 0 spiro atoms. The van der Waals surface area contributed by atoms with Crippen molar-refractivity contribution in [3.05, 3.63) is 87.5 Å². The summed E-state index contributed by atoms with van der Waals surface area (Å²) in [6.45, 7) is 4.92. The molecule has 0 atom stereocenters. The Morgan fingerprint density at radius 2 is 1.38 bits per heavy atom. The smallest absolute Gasteiger partial charge is 0.273 e. The van der Waals surface area contributed by atoms with E-state index in [1.165, 1.54) is 37.3 Å². The third kappa shape index (κ3) is 5.06. The monoisotopic (exact) mass is 475 g/mol. The van der Waals surface area contributed by atoms with Crippen molar-refractivity contribution < 1.29 is 21.8 Å². The Kier molecular flexibility index (Phi) is 6.24. The maximum atomic E-state index is 12.9. The molecule has 168 valence electrons. The summed E-state index contributed by atoms with van der Waals surface area (Å²) in [7, 11) is -8.20. The number of hydrogen-bond acceptors (Lipinski definition) is 6. The van der Waals surface area contributed by atoms with Crippen LogP contribution in [0.1, 0.15) is 16.7 Å². The van der Waals surface area contributed by atoms with E-state index in [0.717, 1.165) is 11.6 Å². The summed E-state index contributed by atoms with van der Waals surface area (Å²) in [6.07, 6.45) is 0. The molecule has 0 fully saturated rings. The summed E-state index contributed by atoms with van der Waals surface area (Å²) in [5.41, 5.74) is 1.66. The molecule has 0 unspecified atom stereocenters. The molecule has 3 aromatic carbocycles. The van der Waals surface area contributed by atoms with Gasteiger partial charge in [0.2, 0.25) is 0 Å². The highest BCUT2D eigenvalue weighted by Crippen LogP contribution is 2.27. The first kappa shape index (κ1) is 23.2. The van der Waals surface area contributed by atoms with E-state index in [9.17, 15) is 26.9 Å². The van der Waals surface area contributed by atoms with Crippen LogP contribution in [-0.4, -0.2) is 21.8 Å². The quantitative estimate of drug-likeness (QED) is 0.390. The largest absolute Gasteiger partial charge is 0.280 e. The Hall–Kier alpha value is -3.44.